The molecule has 4 saturated carbocycles. The van der Waals surface area contributed by atoms with Crippen LogP contribution >= 0.6 is 0 Å². The molecule has 5 aliphatic rings. The maximum atomic E-state index is 14.6. The fourth-order valence-corrected chi connectivity index (χ4v) is 11.5. The molecule has 2 amide bonds. The lowest BCUT2D eigenvalue weighted by Gasteiger charge is -2.70. The second-order valence-corrected chi connectivity index (χ2v) is 16.8. The number of hydrogen-bond acceptors (Lipinski definition) is 6. The lowest BCUT2D eigenvalue weighted by molar-refractivity contribution is -0.189. The molecule has 44 heavy (non-hydrogen) atoms. The van der Waals surface area contributed by atoms with Crippen LogP contribution in [0.25, 0.3) is 0 Å². The van der Waals surface area contributed by atoms with E-state index in [1.54, 1.807) is 6.92 Å². The van der Waals surface area contributed by atoms with E-state index in [4.69, 9.17) is 9.47 Å². The molecule has 1 unspecified atom stereocenters. The zero-order valence-corrected chi connectivity index (χ0v) is 28.6. The third kappa shape index (κ3) is 4.74. The summed E-state index contributed by atoms with van der Waals surface area (Å²) in [6.45, 7) is 18.0. The highest BCUT2D eigenvalue weighted by molar-refractivity contribution is 5.95. The summed E-state index contributed by atoms with van der Waals surface area (Å²) in [5, 5.41) is 5.82. The summed E-state index contributed by atoms with van der Waals surface area (Å²) < 4.78 is 10.2. The van der Waals surface area contributed by atoms with Gasteiger partial charge in [0.2, 0.25) is 0 Å². The smallest absolute Gasteiger partial charge is 0.325 e. The molecule has 0 aromatic rings. The average molecular weight is 613 g/mol. The number of nitrogens with one attached hydrogen (secondary N) is 2. The predicted octanol–water partition coefficient (Wildman–Crippen LogP) is 6.37. The number of rotatable bonds is 5. The lowest BCUT2D eigenvalue weighted by atomic mass is 9.33. The Labute approximate surface area is 264 Å². The monoisotopic (exact) mass is 612 g/mol. The number of ketones is 1. The maximum absolute atomic E-state index is 14.6. The molecule has 8 nitrogen and oxygen atoms in total. The van der Waals surface area contributed by atoms with E-state index in [0.29, 0.717) is 0 Å². The highest BCUT2D eigenvalue weighted by Gasteiger charge is 2.70. The zero-order valence-electron chi connectivity index (χ0n) is 28.6. The number of ether oxygens (including phenoxy) is 2. The van der Waals surface area contributed by atoms with Crippen LogP contribution in [0.15, 0.2) is 11.6 Å². The van der Waals surface area contributed by atoms with Crippen molar-refractivity contribution in [2.45, 2.75) is 119 Å². The Hall–Kier alpha value is -2.38. The number of carbonyl (C=O) groups is 4. The summed E-state index contributed by atoms with van der Waals surface area (Å²) in [7, 11) is 1.49. The van der Waals surface area contributed by atoms with E-state index >= 15 is 0 Å². The molecule has 0 radical (unpaired) electrons. The van der Waals surface area contributed by atoms with Crippen molar-refractivity contribution in [2.75, 3.05) is 20.3 Å². The van der Waals surface area contributed by atoms with Gasteiger partial charge in [-0.15, -0.1) is 0 Å². The first-order valence-electron chi connectivity index (χ1n) is 17.0. The van der Waals surface area contributed by atoms with E-state index in [0.717, 1.165) is 57.8 Å². The first-order valence-corrected chi connectivity index (χ1v) is 17.0. The SMILES string of the molecule is CCOC(=O)CNC(=O)NC1CC[C@]2(C)[C@H]3C(=O)C=C4[C@H]5C[C@@](C)(C(=O)OC)CC[C@]5(C)CC[C@@]4(C)[C@]3(C)CC[C@H]2C1(C)C. The van der Waals surface area contributed by atoms with Crippen LogP contribution in [0.3, 0.4) is 0 Å². The quantitative estimate of drug-likeness (QED) is 0.349. The number of urea groups is 1. The van der Waals surface area contributed by atoms with Gasteiger partial charge in [0.15, 0.2) is 5.78 Å². The molecule has 0 bridgehead atoms. The number of fused-ring (bicyclic) bond motifs is 7. The fraction of sp³-hybridized carbons (Fsp3) is 0.833. The molecule has 0 aromatic heterocycles. The molecule has 5 aliphatic carbocycles. The van der Waals surface area contributed by atoms with Crippen LogP contribution in [0.2, 0.25) is 0 Å². The fourth-order valence-electron chi connectivity index (χ4n) is 11.5. The largest absolute Gasteiger partial charge is 0.469 e. The third-order valence-electron chi connectivity index (χ3n) is 14.3. The van der Waals surface area contributed by atoms with Gasteiger partial charge in [-0.05, 0) is 117 Å². The molecule has 0 aliphatic heterocycles. The van der Waals surface area contributed by atoms with Gasteiger partial charge in [0.25, 0.3) is 0 Å². The molecule has 5 rings (SSSR count). The zero-order chi connectivity index (χ0) is 32.5. The minimum Gasteiger partial charge on any atom is -0.469 e. The average Bonchev–Trinajstić information content (AvgIpc) is 2.95. The van der Waals surface area contributed by atoms with Crippen molar-refractivity contribution in [2.24, 2.45) is 50.2 Å². The molecule has 4 fully saturated rings. The normalized spacial score (nSPS) is 44.0. The first kappa shape index (κ1) is 33.0. The Bertz CT molecular complexity index is 1260. The Balaban J connectivity index is 1.44. The second kappa shape index (κ2) is 10.9. The molecule has 8 heteroatoms. The summed E-state index contributed by atoms with van der Waals surface area (Å²) >= 11 is 0. The van der Waals surface area contributed by atoms with Gasteiger partial charge in [0.1, 0.15) is 6.54 Å². The molecule has 0 heterocycles. The minimum atomic E-state index is -0.527. The Morgan fingerprint density at radius 1 is 0.932 bits per heavy atom. The number of amides is 2. The van der Waals surface area contributed by atoms with Gasteiger partial charge in [-0.1, -0.05) is 47.1 Å². The van der Waals surface area contributed by atoms with Crippen molar-refractivity contribution in [3.63, 3.8) is 0 Å². The van der Waals surface area contributed by atoms with Crippen LogP contribution in [0.5, 0.6) is 0 Å². The van der Waals surface area contributed by atoms with E-state index in [1.165, 1.54) is 12.7 Å². The summed E-state index contributed by atoms with van der Waals surface area (Å²) in [6.07, 6.45) is 10.4. The minimum absolute atomic E-state index is 0.0684. The molecular weight excluding hydrogens is 556 g/mol. The van der Waals surface area contributed by atoms with Crippen molar-refractivity contribution in [3.8, 4) is 0 Å². The van der Waals surface area contributed by atoms with Crippen LogP contribution in [-0.2, 0) is 23.9 Å². The molecule has 9 atom stereocenters. The highest BCUT2D eigenvalue weighted by Crippen LogP contribution is 2.75. The molecule has 246 valence electrons. The maximum Gasteiger partial charge on any atom is 0.325 e. The van der Waals surface area contributed by atoms with Crippen molar-refractivity contribution in [1.82, 2.24) is 10.6 Å². The van der Waals surface area contributed by atoms with Gasteiger partial charge in [0.05, 0.1) is 19.1 Å². The molecular formula is C36H56N2O6. The number of hydrogen-bond donors (Lipinski definition) is 2. The van der Waals surface area contributed by atoms with E-state index in [9.17, 15) is 19.2 Å². The number of carbonyl (C=O) groups excluding carboxylic acids is 4. The van der Waals surface area contributed by atoms with Crippen LogP contribution in [0.1, 0.15) is 113 Å². The lowest BCUT2D eigenvalue weighted by Crippen LogP contribution is -2.68. The first-order chi connectivity index (χ1) is 20.4. The van der Waals surface area contributed by atoms with Crippen molar-refractivity contribution >= 4 is 23.8 Å². The molecule has 0 aromatic carbocycles. The third-order valence-corrected chi connectivity index (χ3v) is 14.3. The van der Waals surface area contributed by atoms with E-state index < -0.39 is 11.4 Å². The number of esters is 2. The van der Waals surface area contributed by atoms with Crippen molar-refractivity contribution in [3.05, 3.63) is 11.6 Å². The van der Waals surface area contributed by atoms with E-state index in [2.05, 4.69) is 59.1 Å². The summed E-state index contributed by atoms with van der Waals surface area (Å²) in [5.74, 6) is 0.0274. The van der Waals surface area contributed by atoms with E-state index in [1.807, 2.05) is 6.08 Å². The number of methoxy groups -OCH3 is 1. The Morgan fingerprint density at radius 3 is 2.27 bits per heavy atom. The second-order valence-electron chi connectivity index (χ2n) is 16.8. The van der Waals surface area contributed by atoms with Gasteiger partial charge >= 0.3 is 18.0 Å². The van der Waals surface area contributed by atoms with Crippen LogP contribution in [0, 0.1) is 50.2 Å². The van der Waals surface area contributed by atoms with Crippen LogP contribution in [-0.4, -0.2) is 50.1 Å². The highest BCUT2D eigenvalue weighted by atomic mass is 16.5. The summed E-state index contributed by atoms with van der Waals surface area (Å²) in [4.78, 5) is 52.1. The van der Waals surface area contributed by atoms with Gasteiger partial charge in [-0.3, -0.25) is 14.4 Å². The molecule has 0 saturated heterocycles. The summed E-state index contributed by atoms with van der Waals surface area (Å²) in [6, 6.07) is -0.424. The summed E-state index contributed by atoms with van der Waals surface area (Å²) in [5.41, 5.74) is 0.102. The van der Waals surface area contributed by atoms with Gasteiger partial charge in [0, 0.05) is 12.0 Å². The van der Waals surface area contributed by atoms with Crippen molar-refractivity contribution in [1.29, 1.82) is 0 Å². The predicted molar refractivity (Wildman–Crippen MR) is 168 cm³/mol. The van der Waals surface area contributed by atoms with Crippen LogP contribution in [0.4, 0.5) is 4.79 Å². The Kier molecular flexibility index (Phi) is 8.15. The number of allylic oxidation sites excluding steroid dienone is 2. The van der Waals surface area contributed by atoms with Crippen molar-refractivity contribution < 1.29 is 28.7 Å². The molecule has 0 spiro atoms. The van der Waals surface area contributed by atoms with Gasteiger partial charge in [-0.25, -0.2) is 4.79 Å². The van der Waals surface area contributed by atoms with Gasteiger partial charge < -0.3 is 20.1 Å². The standard InChI is InChI=1S/C36H56N2O6/c1-10-44-27(40)21-37-30(42)38-26-12-13-34(6)25(31(26,2)3)11-14-36(8)28(34)24(39)19-22-23-20-33(5,29(41)43-9)16-15-32(23,4)17-18-35(22,36)7/h19,23,25-26,28H,10-18,20-21H2,1-9H3,(H2,37,38,42)/t23-,25+,26?,28-,32-,33+,34+,35-,36-/m1/s1. The Morgan fingerprint density at radius 2 is 1.61 bits per heavy atom. The molecule has 2 N–H and O–H groups in total. The van der Waals surface area contributed by atoms with E-state index in [-0.39, 0.29) is 81.8 Å². The van der Waals surface area contributed by atoms with Gasteiger partial charge in [-0.2, -0.15) is 0 Å². The topological polar surface area (TPSA) is 111 Å². The van der Waals surface area contributed by atoms with Crippen LogP contribution < -0.4 is 10.6 Å².